The lowest BCUT2D eigenvalue weighted by Crippen LogP contribution is -2.41. The molecule has 25 heavy (non-hydrogen) atoms. The van der Waals surface area contributed by atoms with Gasteiger partial charge in [0.25, 0.3) is 0 Å². The second-order valence-electron chi connectivity index (χ2n) is 6.23. The van der Waals surface area contributed by atoms with Crippen LogP contribution in [-0.2, 0) is 4.79 Å². The molecule has 1 amide bonds. The number of fused-ring (bicyclic) bond motifs is 3. The standard InChI is InChI=1S/C19H14N4O2/c20-10-19(11-21)15(14-6-3-9-25-14)16(18(22)24)23-8-7-12-4-1-2-5-13(12)17(19)23/h1-9,15-17H,(H2,22,24)/t15-,16-,17-/m1/s1. The van der Waals surface area contributed by atoms with E-state index in [0.29, 0.717) is 5.76 Å². The van der Waals surface area contributed by atoms with Crippen molar-refractivity contribution < 1.29 is 9.21 Å². The minimum Gasteiger partial charge on any atom is -0.469 e. The Kier molecular flexibility index (Phi) is 3.16. The van der Waals surface area contributed by atoms with Gasteiger partial charge in [0.05, 0.1) is 30.4 Å². The van der Waals surface area contributed by atoms with E-state index >= 15 is 0 Å². The molecule has 6 heteroatoms. The van der Waals surface area contributed by atoms with Crippen LogP contribution in [0.2, 0.25) is 0 Å². The maximum absolute atomic E-state index is 12.3. The number of nitrogens with two attached hydrogens (primary N) is 1. The third-order valence-corrected chi connectivity index (χ3v) is 5.08. The number of amides is 1. The van der Waals surface area contributed by atoms with E-state index in [1.54, 1.807) is 23.2 Å². The van der Waals surface area contributed by atoms with Crippen LogP contribution in [0, 0.1) is 28.1 Å². The Bertz CT molecular complexity index is 935. The Morgan fingerprint density at radius 3 is 2.60 bits per heavy atom. The van der Waals surface area contributed by atoms with Crippen LogP contribution in [0.3, 0.4) is 0 Å². The van der Waals surface area contributed by atoms with Crippen molar-refractivity contribution in [3.05, 3.63) is 65.7 Å². The minimum atomic E-state index is -1.50. The number of primary amides is 1. The summed E-state index contributed by atoms with van der Waals surface area (Å²) in [6.45, 7) is 0. The van der Waals surface area contributed by atoms with E-state index in [1.807, 2.05) is 30.3 Å². The Labute approximate surface area is 144 Å². The van der Waals surface area contributed by atoms with Gasteiger partial charge in [-0.3, -0.25) is 4.79 Å². The molecule has 1 saturated heterocycles. The summed E-state index contributed by atoms with van der Waals surface area (Å²) in [4.78, 5) is 14.0. The summed E-state index contributed by atoms with van der Waals surface area (Å²) in [6.07, 6.45) is 5.08. The molecule has 0 radical (unpaired) electrons. The molecular formula is C19H14N4O2. The molecule has 0 spiro atoms. The average Bonchev–Trinajstić information content (AvgIpc) is 3.25. The molecule has 0 unspecified atom stereocenters. The fraction of sp³-hybridized carbons (Fsp3) is 0.211. The second kappa shape index (κ2) is 5.25. The van der Waals surface area contributed by atoms with Gasteiger partial charge in [-0.2, -0.15) is 10.5 Å². The molecular weight excluding hydrogens is 316 g/mol. The van der Waals surface area contributed by atoms with Crippen LogP contribution in [0.5, 0.6) is 0 Å². The lowest BCUT2D eigenvalue weighted by atomic mass is 9.69. The number of benzene rings is 1. The van der Waals surface area contributed by atoms with E-state index in [1.165, 1.54) is 6.26 Å². The molecule has 1 aromatic carbocycles. The molecule has 2 aliphatic rings. The van der Waals surface area contributed by atoms with Crippen LogP contribution in [0.15, 0.2) is 53.3 Å². The second-order valence-corrected chi connectivity index (χ2v) is 6.23. The van der Waals surface area contributed by atoms with Gasteiger partial charge >= 0.3 is 0 Å². The van der Waals surface area contributed by atoms with E-state index in [-0.39, 0.29) is 0 Å². The molecule has 2 aromatic rings. The zero-order valence-corrected chi connectivity index (χ0v) is 13.2. The van der Waals surface area contributed by atoms with Crippen molar-refractivity contribution in [1.29, 1.82) is 10.5 Å². The van der Waals surface area contributed by atoms with Crippen molar-refractivity contribution in [3.8, 4) is 12.1 Å². The lowest BCUT2D eigenvalue weighted by molar-refractivity contribution is -0.122. The summed E-state index contributed by atoms with van der Waals surface area (Å²) >= 11 is 0. The van der Waals surface area contributed by atoms with Gasteiger partial charge in [0.1, 0.15) is 11.8 Å². The van der Waals surface area contributed by atoms with E-state index in [9.17, 15) is 15.3 Å². The van der Waals surface area contributed by atoms with Crippen molar-refractivity contribution in [2.75, 3.05) is 0 Å². The maximum Gasteiger partial charge on any atom is 0.240 e. The molecule has 0 bridgehead atoms. The molecule has 4 rings (SSSR count). The number of carbonyl (C=O) groups is 1. The summed E-state index contributed by atoms with van der Waals surface area (Å²) < 4.78 is 5.49. The maximum atomic E-state index is 12.3. The fourth-order valence-corrected chi connectivity index (χ4v) is 4.10. The van der Waals surface area contributed by atoms with Gasteiger partial charge in [-0.1, -0.05) is 24.3 Å². The average molecular weight is 330 g/mol. The van der Waals surface area contributed by atoms with Crippen molar-refractivity contribution in [3.63, 3.8) is 0 Å². The Morgan fingerprint density at radius 1 is 1.20 bits per heavy atom. The number of rotatable bonds is 2. The molecule has 3 heterocycles. The topological polar surface area (TPSA) is 107 Å². The van der Waals surface area contributed by atoms with Gasteiger partial charge in [-0.25, -0.2) is 0 Å². The van der Waals surface area contributed by atoms with Crippen molar-refractivity contribution in [1.82, 2.24) is 4.90 Å². The summed E-state index contributed by atoms with van der Waals surface area (Å²) in [5, 5.41) is 20.1. The third kappa shape index (κ3) is 1.85. The summed E-state index contributed by atoms with van der Waals surface area (Å²) in [5.41, 5.74) is 5.92. The third-order valence-electron chi connectivity index (χ3n) is 5.08. The van der Waals surface area contributed by atoms with Gasteiger partial charge in [0.2, 0.25) is 5.91 Å². The molecule has 1 fully saturated rings. The van der Waals surface area contributed by atoms with E-state index in [0.717, 1.165) is 11.1 Å². The van der Waals surface area contributed by atoms with Crippen LogP contribution in [0.25, 0.3) is 6.08 Å². The first-order chi connectivity index (χ1) is 12.1. The van der Waals surface area contributed by atoms with E-state index in [4.69, 9.17) is 10.2 Å². The van der Waals surface area contributed by atoms with E-state index in [2.05, 4.69) is 12.1 Å². The summed E-state index contributed by atoms with van der Waals surface area (Å²) in [6, 6.07) is 13.8. The molecule has 0 aliphatic carbocycles. The van der Waals surface area contributed by atoms with Gasteiger partial charge in [0.15, 0.2) is 5.41 Å². The Balaban J connectivity index is 2.02. The number of furan rings is 1. The van der Waals surface area contributed by atoms with Gasteiger partial charge in [-0.15, -0.1) is 0 Å². The molecule has 2 N–H and O–H groups in total. The van der Waals surface area contributed by atoms with Crippen molar-refractivity contribution in [2.45, 2.75) is 18.0 Å². The lowest BCUT2D eigenvalue weighted by Gasteiger charge is -2.34. The van der Waals surface area contributed by atoms with Gasteiger partial charge in [0, 0.05) is 6.20 Å². The van der Waals surface area contributed by atoms with Crippen LogP contribution >= 0.6 is 0 Å². The highest BCUT2D eigenvalue weighted by atomic mass is 16.3. The number of hydrogen-bond acceptors (Lipinski definition) is 5. The largest absolute Gasteiger partial charge is 0.469 e. The number of hydrogen-bond donors (Lipinski definition) is 1. The highest BCUT2D eigenvalue weighted by Gasteiger charge is 2.64. The molecule has 0 saturated carbocycles. The monoisotopic (exact) mass is 330 g/mol. The van der Waals surface area contributed by atoms with Crippen molar-refractivity contribution >= 4 is 12.0 Å². The fourth-order valence-electron chi connectivity index (χ4n) is 4.10. The zero-order valence-electron chi connectivity index (χ0n) is 13.2. The first-order valence-corrected chi connectivity index (χ1v) is 7.84. The quantitative estimate of drug-likeness (QED) is 0.909. The van der Waals surface area contributed by atoms with Crippen molar-refractivity contribution in [2.24, 2.45) is 11.1 Å². The van der Waals surface area contributed by atoms with Crippen LogP contribution in [0.4, 0.5) is 0 Å². The summed E-state index contributed by atoms with van der Waals surface area (Å²) in [5.74, 6) is -0.967. The SMILES string of the molecule is N#CC1(C#N)[C@H](c2ccco2)[C@H](C(N)=O)N2C=Cc3ccccc3[C@@H]21. The molecule has 2 aliphatic heterocycles. The van der Waals surface area contributed by atoms with Gasteiger partial charge in [-0.05, 0) is 29.3 Å². The molecule has 3 atom stereocenters. The molecule has 6 nitrogen and oxygen atoms in total. The number of nitriles is 2. The predicted octanol–water partition coefficient (Wildman–Crippen LogP) is 2.29. The first-order valence-electron chi connectivity index (χ1n) is 7.84. The smallest absolute Gasteiger partial charge is 0.240 e. The number of nitrogens with zero attached hydrogens (tertiary/aromatic N) is 3. The molecule has 122 valence electrons. The zero-order chi connectivity index (χ0) is 17.6. The normalized spacial score (nSPS) is 25.5. The van der Waals surface area contributed by atoms with E-state index < -0.39 is 29.3 Å². The number of carbonyl (C=O) groups excluding carboxylic acids is 1. The van der Waals surface area contributed by atoms with Crippen LogP contribution in [0.1, 0.15) is 28.8 Å². The highest BCUT2D eigenvalue weighted by Crippen LogP contribution is 2.59. The highest BCUT2D eigenvalue weighted by molar-refractivity contribution is 5.83. The minimum absolute atomic E-state index is 0.409. The van der Waals surface area contributed by atoms with Crippen LogP contribution in [-0.4, -0.2) is 16.8 Å². The molecule has 1 aromatic heterocycles. The summed E-state index contributed by atoms with van der Waals surface area (Å²) in [7, 11) is 0. The Hall–Kier alpha value is -3.51. The first kappa shape index (κ1) is 15.0. The van der Waals surface area contributed by atoms with Crippen LogP contribution < -0.4 is 5.73 Å². The Morgan fingerprint density at radius 2 is 1.96 bits per heavy atom. The predicted molar refractivity (Wildman–Crippen MR) is 88.1 cm³/mol. The van der Waals surface area contributed by atoms with Gasteiger partial charge < -0.3 is 15.1 Å².